The lowest BCUT2D eigenvalue weighted by Crippen LogP contribution is -2.25. The highest BCUT2D eigenvalue weighted by molar-refractivity contribution is 7.89. The summed E-state index contributed by atoms with van der Waals surface area (Å²) in [5, 5.41) is 3.23. The average molecular weight is 308 g/mol. The summed E-state index contributed by atoms with van der Waals surface area (Å²) >= 11 is 0. The summed E-state index contributed by atoms with van der Waals surface area (Å²) < 4.78 is 32.3. The lowest BCUT2D eigenvalue weighted by Gasteiger charge is -2.11. The van der Waals surface area contributed by atoms with Crippen molar-refractivity contribution >= 4 is 10.0 Å². The second-order valence-corrected chi connectivity index (χ2v) is 6.48. The van der Waals surface area contributed by atoms with Gasteiger partial charge in [0.05, 0.1) is 17.4 Å². The van der Waals surface area contributed by atoms with Crippen LogP contribution < -0.4 is 10.0 Å². The molecule has 0 aliphatic carbocycles. The van der Waals surface area contributed by atoms with E-state index in [-0.39, 0.29) is 6.54 Å². The van der Waals surface area contributed by atoms with E-state index < -0.39 is 10.0 Å². The van der Waals surface area contributed by atoms with Gasteiger partial charge in [-0.05, 0) is 30.7 Å². The zero-order valence-corrected chi connectivity index (χ0v) is 12.8. The molecular weight excluding hydrogens is 288 g/mol. The Labute approximate surface area is 125 Å². The van der Waals surface area contributed by atoms with Crippen LogP contribution in [0.4, 0.5) is 0 Å². The topological polar surface area (TPSA) is 71.3 Å². The van der Waals surface area contributed by atoms with Gasteiger partial charge >= 0.3 is 0 Å². The van der Waals surface area contributed by atoms with Crippen LogP contribution in [0.3, 0.4) is 0 Å². The van der Waals surface area contributed by atoms with Gasteiger partial charge in [0.25, 0.3) is 0 Å². The molecule has 6 heteroatoms. The Hall–Kier alpha value is -1.63. The van der Waals surface area contributed by atoms with Gasteiger partial charge in [-0.25, -0.2) is 13.1 Å². The molecule has 2 N–H and O–H groups in total. The molecule has 1 aromatic carbocycles. The van der Waals surface area contributed by atoms with Crippen molar-refractivity contribution in [2.45, 2.75) is 31.3 Å². The largest absolute Gasteiger partial charge is 0.472 e. The molecule has 5 nitrogen and oxygen atoms in total. The van der Waals surface area contributed by atoms with Gasteiger partial charge in [0.15, 0.2) is 0 Å². The second-order valence-electron chi connectivity index (χ2n) is 4.74. The normalized spacial score (nSPS) is 11.7. The van der Waals surface area contributed by atoms with Crippen LogP contribution in [-0.4, -0.2) is 15.0 Å². The van der Waals surface area contributed by atoms with E-state index in [1.807, 2.05) is 12.1 Å². The highest BCUT2D eigenvalue weighted by Crippen LogP contribution is 2.15. The lowest BCUT2D eigenvalue weighted by atomic mass is 10.2. The predicted octanol–water partition coefficient (Wildman–Crippen LogP) is 2.26. The van der Waals surface area contributed by atoms with E-state index in [0.29, 0.717) is 11.4 Å². The molecule has 0 spiro atoms. The molecule has 1 aromatic heterocycles. The number of hydrogen-bond donors (Lipinski definition) is 2. The summed E-state index contributed by atoms with van der Waals surface area (Å²) in [6, 6.07) is 8.76. The smallest absolute Gasteiger partial charge is 0.241 e. The van der Waals surface area contributed by atoms with Crippen LogP contribution in [0, 0.1) is 0 Å². The molecule has 0 saturated carbocycles. The van der Waals surface area contributed by atoms with E-state index in [4.69, 9.17) is 4.42 Å². The van der Waals surface area contributed by atoms with Gasteiger partial charge in [0.2, 0.25) is 10.0 Å². The first-order valence-electron chi connectivity index (χ1n) is 6.93. The van der Waals surface area contributed by atoms with Gasteiger partial charge in [-0.3, -0.25) is 0 Å². The Bertz CT molecular complexity index is 651. The van der Waals surface area contributed by atoms with E-state index in [0.717, 1.165) is 24.1 Å². The zero-order chi connectivity index (χ0) is 15.1. The number of nitrogens with one attached hydrogen (secondary N) is 2. The molecule has 0 amide bonds. The molecule has 21 heavy (non-hydrogen) atoms. The standard InChI is InChI=1S/C15H20N2O3S/c1-2-8-16-11-14-5-3-4-6-15(14)21(18,19)17-10-13-7-9-20-12-13/h3-7,9,12,16-17H,2,8,10-11H2,1H3. The average Bonchev–Trinajstić information content (AvgIpc) is 2.99. The minimum absolute atomic E-state index is 0.218. The number of rotatable bonds is 8. The van der Waals surface area contributed by atoms with Crippen molar-refractivity contribution in [2.75, 3.05) is 6.54 Å². The first kappa shape index (κ1) is 15.8. The van der Waals surface area contributed by atoms with Crippen molar-refractivity contribution < 1.29 is 12.8 Å². The molecule has 2 rings (SSSR count). The monoisotopic (exact) mass is 308 g/mol. The van der Waals surface area contributed by atoms with Crippen LogP contribution in [0.2, 0.25) is 0 Å². The fourth-order valence-electron chi connectivity index (χ4n) is 1.96. The van der Waals surface area contributed by atoms with E-state index in [1.54, 1.807) is 18.2 Å². The zero-order valence-electron chi connectivity index (χ0n) is 12.0. The van der Waals surface area contributed by atoms with Crippen molar-refractivity contribution in [1.82, 2.24) is 10.0 Å². The van der Waals surface area contributed by atoms with Crippen molar-refractivity contribution in [3.63, 3.8) is 0 Å². The third kappa shape index (κ3) is 4.42. The molecule has 0 aliphatic rings. The molecule has 114 valence electrons. The summed E-state index contributed by atoms with van der Waals surface area (Å²) in [5.41, 5.74) is 1.56. The molecular formula is C15H20N2O3S. The van der Waals surface area contributed by atoms with Crippen LogP contribution in [-0.2, 0) is 23.1 Å². The number of sulfonamides is 1. The Balaban J connectivity index is 2.11. The highest BCUT2D eigenvalue weighted by Gasteiger charge is 2.17. The van der Waals surface area contributed by atoms with Crippen LogP contribution >= 0.6 is 0 Å². The molecule has 0 atom stereocenters. The molecule has 0 unspecified atom stereocenters. The van der Waals surface area contributed by atoms with Crippen LogP contribution in [0.1, 0.15) is 24.5 Å². The van der Waals surface area contributed by atoms with E-state index >= 15 is 0 Å². The lowest BCUT2D eigenvalue weighted by molar-refractivity contribution is 0.561. The van der Waals surface area contributed by atoms with Crippen molar-refractivity contribution in [2.24, 2.45) is 0 Å². The molecule has 0 fully saturated rings. The van der Waals surface area contributed by atoms with Gasteiger partial charge in [-0.15, -0.1) is 0 Å². The number of benzene rings is 1. The first-order chi connectivity index (χ1) is 10.1. The molecule has 0 aliphatic heterocycles. The maximum atomic E-state index is 12.4. The molecule has 1 heterocycles. The van der Waals surface area contributed by atoms with E-state index in [9.17, 15) is 8.42 Å². The Morgan fingerprint density at radius 3 is 2.67 bits per heavy atom. The number of furan rings is 1. The van der Waals surface area contributed by atoms with Crippen molar-refractivity contribution in [3.8, 4) is 0 Å². The summed E-state index contributed by atoms with van der Waals surface area (Å²) in [6.07, 6.45) is 4.05. The van der Waals surface area contributed by atoms with Crippen molar-refractivity contribution in [3.05, 3.63) is 54.0 Å². The predicted molar refractivity (Wildman–Crippen MR) is 81.2 cm³/mol. The minimum atomic E-state index is -3.54. The highest BCUT2D eigenvalue weighted by atomic mass is 32.2. The minimum Gasteiger partial charge on any atom is -0.472 e. The van der Waals surface area contributed by atoms with E-state index in [1.165, 1.54) is 12.5 Å². The van der Waals surface area contributed by atoms with Gasteiger partial charge in [0.1, 0.15) is 0 Å². The third-order valence-corrected chi connectivity index (χ3v) is 4.55. The molecule has 0 radical (unpaired) electrons. The SMILES string of the molecule is CCCNCc1ccccc1S(=O)(=O)NCc1ccoc1. The summed E-state index contributed by atoms with van der Waals surface area (Å²) in [5.74, 6) is 0. The summed E-state index contributed by atoms with van der Waals surface area (Å²) in [6.45, 7) is 3.69. The first-order valence-corrected chi connectivity index (χ1v) is 8.41. The maximum Gasteiger partial charge on any atom is 0.241 e. The maximum absolute atomic E-state index is 12.4. The summed E-state index contributed by atoms with van der Waals surface area (Å²) in [7, 11) is -3.54. The fraction of sp³-hybridized carbons (Fsp3) is 0.333. The Morgan fingerprint density at radius 2 is 1.95 bits per heavy atom. The van der Waals surface area contributed by atoms with Crippen LogP contribution in [0.25, 0.3) is 0 Å². The third-order valence-electron chi connectivity index (χ3n) is 3.05. The second kappa shape index (κ2) is 7.40. The number of hydrogen-bond acceptors (Lipinski definition) is 4. The van der Waals surface area contributed by atoms with E-state index in [2.05, 4.69) is 17.0 Å². The van der Waals surface area contributed by atoms with Crippen LogP contribution in [0.15, 0.2) is 52.2 Å². The fourth-order valence-corrected chi connectivity index (χ4v) is 3.22. The van der Waals surface area contributed by atoms with Gasteiger partial charge in [0, 0.05) is 18.7 Å². The van der Waals surface area contributed by atoms with Gasteiger partial charge < -0.3 is 9.73 Å². The van der Waals surface area contributed by atoms with Gasteiger partial charge in [-0.1, -0.05) is 25.1 Å². The molecule has 2 aromatic rings. The Morgan fingerprint density at radius 1 is 1.14 bits per heavy atom. The molecule has 0 bridgehead atoms. The Kier molecular flexibility index (Phi) is 5.55. The van der Waals surface area contributed by atoms with Crippen molar-refractivity contribution in [1.29, 1.82) is 0 Å². The summed E-state index contributed by atoms with van der Waals surface area (Å²) in [4.78, 5) is 0.317. The molecule has 0 saturated heterocycles. The van der Waals surface area contributed by atoms with Crippen LogP contribution in [0.5, 0.6) is 0 Å². The quantitative estimate of drug-likeness (QED) is 0.734. The van der Waals surface area contributed by atoms with Gasteiger partial charge in [-0.2, -0.15) is 0 Å².